The summed E-state index contributed by atoms with van der Waals surface area (Å²) in [5, 5.41) is 2.81. The highest BCUT2D eigenvalue weighted by Crippen LogP contribution is 2.20. The maximum atomic E-state index is 12.5. The molecule has 0 bridgehead atoms. The van der Waals surface area contributed by atoms with Gasteiger partial charge in [0, 0.05) is 18.0 Å². The van der Waals surface area contributed by atoms with Crippen LogP contribution in [0.5, 0.6) is 0 Å². The Balaban J connectivity index is 1.52. The minimum Gasteiger partial charge on any atom is -0.451 e. The molecular weight excluding hydrogens is 396 g/mol. The number of carbonyl (C=O) groups is 4. The van der Waals surface area contributed by atoms with Crippen molar-refractivity contribution in [1.82, 2.24) is 10.2 Å². The van der Waals surface area contributed by atoms with Gasteiger partial charge in [-0.1, -0.05) is 55.5 Å². The van der Waals surface area contributed by atoms with E-state index in [4.69, 9.17) is 4.74 Å². The Bertz CT molecular complexity index is 973. The van der Waals surface area contributed by atoms with Gasteiger partial charge in [-0.05, 0) is 30.5 Å². The molecule has 0 saturated carbocycles. The van der Waals surface area contributed by atoms with E-state index >= 15 is 0 Å². The summed E-state index contributed by atoms with van der Waals surface area (Å²) in [6.07, 6.45) is -0.148. The molecule has 1 heterocycles. The van der Waals surface area contributed by atoms with Crippen molar-refractivity contribution in [2.24, 2.45) is 0 Å². The molecule has 0 aromatic heterocycles. The van der Waals surface area contributed by atoms with Crippen molar-refractivity contribution >= 4 is 23.7 Å². The summed E-state index contributed by atoms with van der Waals surface area (Å²) in [6, 6.07) is 16.6. The standard InChI is InChI=1S/C24H26N2O5/c1-3-17(18-9-5-4-6-10-18)14-25-23(29)16(2)31-22(28)15-26-21(27)13-19-11-7-8-12-20(19)24(26)30/h4-12,16-17H,3,13-15H2,1-2H3,(H,25,29)/t16-,17+/m0/s1. The van der Waals surface area contributed by atoms with Crippen molar-refractivity contribution in [3.63, 3.8) is 0 Å². The van der Waals surface area contributed by atoms with Gasteiger partial charge >= 0.3 is 5.97 Å². The topological polar surface area (TPSA) is 92.8 Å². The number of hydrogen-bond acceptors (Lipinski definition) is 5. The second-order valence-electron chi connectivity index (χ2n) is 7.51. The number of amides is 3. The zero-order chi connectivity index (χ0) is 22.4. The van der Waals surface area contributed by atoms with Crippen LogP contribution >= 0.6 is 0 Å². The number of fused-ring (bicyclic) bond motifs is 1. The van der Waals surface area contributed by atoms with Crippen molar-refractivity contribution in [2.45, 2.75) is 38.7 Å². The van der Waals surface area contributed by atoms with Crippen LogP contribution in [0.15, 0.2) is 54.6 Å². The van der Waals surface area contributed by atoms with Crippen molar-refractivity contribution in [3.05, 3.63) is 71.3 Å². The summed E-state index contributed by atoms with van der Waals surface area (Å²) < 4.78 is 5.17. The fourth-order valence-corrected chi connectivity index (χ4v) is 3.57. The molecular formula is C24H26N2O5. The van der Waals surface area contributed by atoms with Gasteiger partial charge in [-0.3, -0.25) is 24.1 Å². The van der Waals surface area contributed by atoms with Crippen molar-refractivity contribution in [1.29, 1.82) is 0 Å². The number of hydrogen-bond donors (Lipinski definition) is 1. The number of esters is 1. The number of nitrogens with zero attached hydrogens (tertiary/aromatic N) is 1. The van der Waals surface area contributed by atoms with Crippen LogP contribution in [0.2, 0.25) is 0 Å². The first kappa shape index (κ1) is 22.2. The summed E-state index contributed by atoms with van der Waals surface area (Å²) in [5.41, 5.74) is 2.16. The number of nitrogens with one attached hydrogen (secondary N) is 1. The summed E-state index contributed by atoms with van der Waals surface area (Å²) in [5.74, 6) is -2.08. The second-order valence-corrected chi connectivity index (χ2v) is 7.51. The molecule has 0 spiro atoms. The quantitative estimate of drug-likeness (QED) is 0.521. The summed E-state index contributed by atoms with van der Waals surface area (Å²) in [4.78, 5) is 50.4. The third-order valence-corrected chi connectivity index (χ3v) is 5.39. The van der Waals surface area contributed by atoms with Gasteiger partial charge in [-0.25, -0.2) is 0 Å². The van der Waals surface area contributed by atoms with Gasteiger partial charge in [0.2, 0.25) is 5.91 Å². The molecule has 0 unspecified atom stereocenters. The van der Waals surface area contributed by atoms with Crippen LogP contribution in [-0.4, -0.2) is 47.8 Å². The predicted octanol–water partition coefficient (Wildman–Crippen LogP) is 2.45. The number of imide groups is 1. The molecule has 7 nitrogen and oxygen atoms in total. The molecule has 31 heavy (non-hydrogen) atoms. The van der Waals surface area contributed by atoms with E-state index in [9.17, 15) is 19.2 Å². The Hall–Kier alpha value is -3.48. The summed E-state index contributed by atoms with van der Waals surface area (Å²) in [7, 11) is 0. The molecule has 1 aliphatic rings. The van der Waals surface area contributed by atoms with Crippen LogP contribution in [0.1, 0.15) is 47.7 Å². The predicted molar refractivity (Wildman–Crippen MR) is 114 cm³/mol. The Morgan fingerprint density at radius 1 is 1.06 bits per heavy atom. The van der Waals surface area contributed by atoms with Gasteiger partial charge in [-0.15, -0.1) is 0 Å². The summed E-state index contributed by atoms with van der Waals surface area (Å²) >= 11 is 0. The van der Waals surface area contributed by atoms with Gasteiger partial charge in [0.15, 0.2) is 6.10 Å². The number of benzene rings is 2. The third-order valence-electron chi connectivity index (χ3n) is 5.39. The molecule has 1 aliphatic heterocycles. The first-order valence-corrected chi connectivity index (χ1v) is 10.4. The van der Waals surface area contributed by atoms with E-state index in [0.29, 0.717) is 17.7 Å². The van der Waals surface area contributed by atoms with Gasteiger partial charge in [0.25, 0.3) is 11.8 Å². The zero-order valence-electron chi connectivity index (χ0n) is 17.7. The van der Waals surface area contributed by atoms with E-state index in [0.717, 1.165) is 16.9 Å². The van der Waals surface area contributed by atoms with Crippen molar-refractivity contribution in [3.8, 4) is 0 Å². The van der Waals surface area contributed by atoms with E-state index in [1.165, 1.54) is 6.92 Å². The highest BCUT2D eigenvalue weighted by molar-refractivity contribution is 6.11. The lowest BCUT2D eigenvalue weighted by atomic mass is 9.96. The van der Waals surface area contributed by atoms with Gasteiger partial charge < -0.3 is 10.1 Å². The zero-order valence-corrected chi connectivity index (χ0v) is 17.7. The van der Waals surface area contributed by atoms with E-state index in [1.807, 2.05) is 37.3 Å². The average Bonchev–Trinajstić information content (AvgIpc) is 2.77. The Morgan fingerprint density at radius 2 is 1.74 bits per heavy atom. The van der Waals surface area contributed by atoms with Crippen LogP contribution in [0.4, 0.5) is 0 Å². The Kier molecular flexibility index (Phi) is 7.18. The van der Waals surface area contributed by atoms with Crippen molar-refractivity contribution in [2.75, 3.05) is 13.1 Å². The average molecular weight is 422 g/mol. The molecule has 0 aliphatic carbocycles. The molecule has 3 rings (SSSR count). The lowest BCUT2D eigenvalue weighted by Gasteiger charge is -2.26. The Labute approximate surface area is 181 Å². The lowest BCUT2D eigenvalue weighted by molar-refractivity contribution is -0.156. The minimum absolute atomic E-state index is 0.0448. The van der Waals surface area contributed by atoms with Gasteiger partial charge in [-0.2, -0.15) is 0 Å². The van der Waals surface area contributed by atoms with Crippen molar-refractivity contribution < 1.29 is 23.9 Å². The first-order valence-electron chi connectivity index (χ1n) is 10.4. The fraction of sp³-hybridized carbons (Fsp3) is 0.333. The molecule has 2 aromatic rings. The normalized spacial score (nSPS) is 15.1. The molecule has 162 valence electrons. The molecule has 2 atom stereocenters. The van der Waals surface area contributed by atoms with Crippen LogP contribution in [0, 0.1) is 0 Å². The number of ether oxygens (including phenoxy) is 1. The molecule has 3 amide bonds. The van der Waals surface area contributed by atoms with E-state index in [2.05, 4.69) is 5.32 Å². The molecule has 7 heteroatoms. The molecule has 1 N–H and O–H groups in total. The second kappa shape index (κ2) is 10.0. The van der Waals surface area contributed by atoms with E-state index in [1.54, 1.807) is 24.3 Å². The molecule has 0 radical (unpaired) electrons. The first-order chi connectivity index (χ1) is 14.9. The van der Waals surface area contributed by atoms with Crippen LogP contribution in [0.3, 0.4) is 0 Å². The fourth-order valence-electron chi connectivity index (χ4n) is 3.57. The SMILES string of the molecule is CC[C@H](CNC(=O)[C@H](C)OC(=O)CN1C(=O)Cc2ccccc2C1=O)c1ccccc1. The van der Waals surface area contributed by atoms with Crippen LogP contribution in [-0.2, 0) is 25.5 Å². The molecule has 0 fully saturated rings. The summed E-state index contributed by atoms with van der Waals surface area (Å²) in [6.45, 7) is 3.40. The third kappa shape index (κ3) is 5.36. The highest BCUT2D eigenvalue weighted by Gasteiger charge is 2.33. The smallest absolute Gasteiger partial charge is 0.326 e. The van der Waals surface area contributed by atoms with E-state index < -0.39 is 36.3 Å². The maximum Gasteiger partial charge on any atom is 0.326 e. The highest BCUT2D eigenvalue weighted by atomic mass is 16.5. The largest absolute Gasteiger partial charge is 0.451 e. The van der Waals surface area contributed by atoms with Gasteiger partial charge in [0.05, 0.1) is 6.42 Å². The number of rotatable bonds is 8. The number of carbonyl (C=O) groups excluding carboxylic acids is 4. The van der Waals surface area contributed by atoms with Crippen LogP contribution in [0.25, 0.3) is 0 Å². The minimum atomic E-state index is -1.04. The monoisotopic (exact) mass is 422 g/mol. The maximum absolute atomic E-state index is 12.5. The Morgan fingerprint density at radius 3 is 2.45 bits per heavy atom. The molecule has 2 aromatic carbocycles. The van der Waals surface area contributed by atoms with Gasteiger partial charge in [0.1, 0.15) is 6.54 Å². The molecule has 0 saturated heterocycles. The van der Waals surface area contributed by atoms with E-state index in [-0.39, 0.29) is 12.3 Å². The lowest BCUT2D eigenvalue weighted by Crippen LogP contribution is -2.46. The van der Waals surface area contributed by atoms with Crippen LogP contribution < -0.4 is 5.32 Å².